The van der Waals surface area contributed by atoms with E-state index in [1.54, 1.807) is 24.3 Å². The van der Waals surface area contributed by atoms with Crippen LogP contribution in [0.4, 0.5) is 11.9 Å². The second kappa shape index (κ2) is 19.0. The first-order valence-corrected chi connectivity index (χ1v) is 20.2. The molecule has 0 radical (unpaired) electrons. The second-order valence-electron chi connectivity index (χ2n) is 14.5. The van der Waals surface area contributed by atoms with Crippen LogP contribution in [0, 0.1) is 0 Å². The molecule has 4 aliphatic rings. The summed E-state index contributed by atoms with van der Waals surface area (Å²) < 4.78 is 21.0. The first kappa shape index (κ1) is 40.8. The van der Waals surface area contributed by atoms with Crippen LogP contribution in [-0.4, -0.2) is 99.3 Å². The van der Waals surface area contributed by atoms with Gasteiger partial charge in [0.25, 0.3) is 0 Å². The fourth-order valence-electron chi connectivity index (χ4n) is 7.05. The number of hydrogen-bond acceptors (Lipinski definition) is 14. The summed E-state index contributed by atoms with van der Waals surface area (Å²) in [5.74, 6) is 4.02. The van der Waals surface area contributed by atoms with Crippen LogP contribution in [0.3, 0.4) is 0 Å². The average molecular weight is 831 g/mol. The van der Waals surface area contributed by atoms with Gasteiger partial charge in [0, 0.05) is 48.9 Å². The molecule has 0 amide bonds. The number of aliphatic hydroxyl groups excluding tert-OH is 2. The van der Waals surface area contributed by atoms with Crippen molar-refractivity contribution in [1.29, 1.82) is 0 Å². The fourth-order valence-corrected chi connectivity index (χ4v) is 7.22. The van der Waals surface area contributed by atoms with E-state index in [2.05, 4.69) is 31.9 Å². The molecule has 16 heteroatoms. The highest BCUT2D eigenvalue weighted by Crippen LogP contribution is 2.37. The number of aromatic nitrogens is 4. The lowest BCUT2D eigenvalue weighted by atomic mass is 9.80. The molecule has 2 fully saturated rings. The summed E-state index contributed by atoms with van der Waals surface area (Å²) in [6.07, 6.45) is 2.52. The number of halogens is 1. The number of aliphatic hydroxyl groups is 2. The van der Waals surface area contributed by atoms with Gasteiger partial charge in [0.1, 0.15) is 5.15 Å². The molecule has 0 spiro atoms. The first-order chi connectivity index (χ1) is 29.3. The maximum absolute atomic E-state index is 9.84. The van der Waals surface area contributed by atoms with E-state index in [1.807, 2.05) is 72.8 Å². The minimum atomic E-state index is -1.46. The molecule has 0 atom stereocenters. The summed E-state index contributed by atoms with van der Waals surface area (Å²) in [7, 11) is -1.46. The summed E-state index contributed by atoms with van der Waals surface area (Å²) >= 11 is 6.12. The third kappa shape index (κ3) is 10.1. The van der Waals surface area contributed by atoms with Crippen molar-refractivity contribution >= 4 is 36.1 Å². The number of benzene rings is 4. The zero-order valence-corrected chi connectivity index (χ0v) is 33.4. The first-order valence-electron chi connectivity index (χ1n) is 19.8. The number of nitrogens with zero attached hydrogens (tertiary/aromatic N) is 6. The van der Waals surface area contributed by atoms with E-state index < -0.39 is 7.12 Å². The molecule has 4 aromatic carbocycles. The molecule has 2 saturated heterocycles. The van der Waals surface area contributed by atoms with Gasteiger partial charge < -0.3 is 49.0 Å². The van der Waals surface area contributed by atoms with E-state index in [-0.39, 0.29) is 25.8 Å². The van der Waals surface area contributed by atoms with Crippen molar-refractivity contribution in [3.63, 3.8) is 0 Å². The molecule has 308 valence electrons. The van der Waals surface area contributed by atoms with E-state index in [9.17, 15) is 10.2 Å². The largest absolute Gasteiger partial charge is 0.488 e. The lowest BCUT2D eigenvalue weighted by Crippen LogP contribution is -2.37. The van der Waals surface area contributed by atoms with Crippen LogP contribution < -0.4 is 34.2 Å². The molecule has 6 heterocycles. The summed E-state index contributed by atoms with van der Waals surface area (Å²) in [6, 6.07) is 34.5. The summed E-state index contributed by atoms with van der Waals surface area (Å²) in [5.41, 5.74) is 5.98. The number of ether oxygens (including phenoxy) is 4. The zero-order chi connectivity index (χ0) is 41.4. The van der Waals surface area contributed by atoms with Gasteiger partial charge in [0.2, 0.25) is 25.5 Å². The molecule has 0 unspecified atom stereocenters. The highest BCUT2D eigenvalue weighted by Gasteiger charge is 2.23. The Bertz CT molecular complexity index is 2370. The van der Waals surface area contributed by atoms with E-state index >= 15 is 0 Å². The Morgan fingerprint density at radius 3 is 1.48 bits per heavy atom. The minimum absolute atomic E-state index is 0.195. The van der Waals surface area contributed by atoms with Gasteiger partial charge in [-0.2, -0.15) is 0 Å². The second-order valence-corrected chi connectivity index (χ2v) is 14.9. The maximum Gasteiger partial charge on any atom is 0.488 e. The molecular formula is C44H44BClN6O8. The Morgan fingerprint density at radius 1 is 0.500 bits per heavy atom. The maximum atomic E-state index is 9.84. The molecule has 2 aromatic heterocycles. The molecule has 0 saturated carbocycles. The Hall–Kier alpha value is -5.97. The number of rotatable bonds is 6. The molecular weight excluding hydrogens is 787 g/mol. The predicted octanol–water partition coefficient (Wildman–Crippen LogP) is 5.35. The topological polar surface area (TPSA) is 176 Å². The zero-order valence-electron chi connectivity index (χ0n) is 32.7. The van der Waals surface area contributed by atoms with Crippen LogP contribution >= 0.6 is 11.6 Å². The Kier molecular flexibility index (Phi) is 12.9. The lowest BCUT2D eigenvalue weighted by molar-refractivity contribution is 0.144. The predicted molar refractivity (Wildman–Crippen MR) is 229 cm³/mol. The number of hydrogen-bond donors (Lipinski definition) is 4. The highest BCUT2D eigenvalue weighted by atomic mass is 35.5. The fraction of sp³-hybridized carbons (Fsp3) is 0.273. The summed E-state index contributed by atoms with van der Waals surface area (Å²) in [6.45, 7) is 3.46. The molecule has 0 bridgehead atoms. The van der Waals surface area contributed by atoms with E-state index in [0.29, 0.717) is 34.0 Å². The van der Waals surface area contributed by atoms with E-state index in [0.717, 1.165) is 97.1 Å². The van der Waals surface area contributed by atoms with Crippen LogP contribution in [0.2, 0.25) is 5.15 Å². The standard InChI is InChI=1S/C22H21N3O3.C15H16ClN3O.C7H7BO4/c26-17-8-10-25(11-9-17)22-23-18(15-4-2-1-3-5-15)13-19(24-22)16-6-7-20-21(12-16)28-14-27-20;16-14-10-13(11-4-2-1-3-5-11)17-15(18-14)19-8-6-12(20)7-9-19;9-8(10)5-1-2-6-7(3-5)12-4-11-6/h1-7,12-13,17,26H,8-11,14H2;1-5,10,12,20H,6-9H2;1-3,9-10H,4H2. The van der Waals surface area contributed by atoms with Crippen molar-refractivity contribution in [2.75, 3.05) is 49.6 Å². The minimum Gasteiger partial charge on any atom is -0.454 e. The van der Waals surface area contributed by atoms with Gasteiger partial charge in [-0.1, -0.05) is 78.3 Å². The van der Waals surface area contributed by atoms with Crippen LogP contribution in [0.15, 0.2) is 109 Å². The molecule has 0 aliphatic carbocycles. The van der Waals surface area contributed by atoms with Gasteiger partial charge in [-0.3, -0.25) is 0 Å². The molecule has 4 N–H and O–H groups in total. The lowest BCUT2D eigenvalue weighted by Gasteiger charge is -2.30. The molecule has 14 nitrogen and oxygen atoms in total. The SMILES string of the molecule is OB(O)c1ccc2c(c1)OCO2.OC1CCN(c2nc(-c3ccccc3)cc(-c3ccc4c(c3)OCO4)n2)CC1.OC1CCN(c2nc(Cl)cc(-c3ccccc3)n2)CC1. The van der Waals surface area contributed by atoms with Crippen LogP contribution in [0.1, 0.15) is 25.7 Å². The highest BCUT2D eigenvalue weighted by molar-refractivity contribution is 6.58. The summed E-state index contributed by atoms with van der Waals surface area (Å²) in [4.78, 5) is 22.8. The van der Waals surface area contributed by atoms with Gasteiger partial charge >= 0.3 is 7.12 Å². The van der Waals surface area contributed by atoms with Crippen LogP contribution in [0.5, 0.6) is 23.0 Å². The van der Waals surface area contributed by atoms with Gasteiger partial charge in [-0.05, 0) is 67.5 Å². The molecule has 10 rings (SSSR count). The number of anilines is 2. The smallest absolute Gasteiger partial charge is 0.454 e. The Morgan fingerprint density at radius 2 is 0.950 bits per heavy atom. The number of fused-ring (bicyclic) bond motifs is 2. The van der Waals surface area contributed by atoms with Crippen molar-refractivity contribution < 1.29 is 39.2 Å². The van der Waals surface area contributed by atoms with Crippen LogP contribution in [-0.2, 0) is 0 Å². The van der Waals surface area contributed by atoms with E-state index in [1.165, 1.54) is 0 Å². The third-order valence-corrected chi connectivity index (χ3v) is 10.6. The van der Waals surface area contributed by atoms with E-state index in [4.69, 9.17) is 50.6 Å². The average Bonchev–Trinajstić information content (AvgIpc) is 3.97. The Balaban J connectivity index is 0.000000136. The van der Waals surface area contributed by atoms with Crippen molar-refractivity contribution in [2.45, 2.75) is 37.9 Å². The van der Waals surface area contributed by atoms with Crippen molar-refractivity contribution in [2.24, 2.45) is 0 Å². The monoisotopic (exact) mass is 830 g/mol. The van der Waals surface area contributed by atoms with Crippen molar-refractivity contribution in [3.8, 4) is 56.8 Å². The van der Waals surface area contributed by atoms with Gasteiger partial charge in [-0.25, -0.2) is 19.9 Å². The summed E-state index contributed by atoms with van der Waals surface area (Å²) in [5, 5.41) is 37.5. The normalized spacial score (nSPS) is 15.8. The molecule has 4 aliphatic heterocycles. The van der Waals surface area contributed by atoms with Gasteiger partial charge in [-0.15, -0.1) is 0 Å². The number of piperidine rings is 2. The third-order valence-electron chi connectivity index (χ3n) is 10.4. The van der Waals surface area contributed by atoms with Gasteiger partial charge in [0.05, 0.1) is 29.3 Å². The Labute approximate surface area is 352 Å². The van der Waals surface area contributed by atoms with Gasteiger partial charge in [0.15, 0.2) is 23.0 Å². The van der Waals surface area contributed by atoms with Crippen LogP contribution in [0.25, 0.3) is 33.8 Å². The molecule has 60 heavy (non-hydrogen) atoms. The molecule has 6 aromatic rings. The quantitative estimate of drug-likeness (QED) is 0.125. The van der Waals surface area contributed by atoms with Crippen molar-refractivity contribution in [3.05, 3.63) is 114 Å². The van der Waals surface area contributed by atoms with Crippen molar-refractivity contribution in [1.82, 2.24) is 19.9 Å².